The topological polar surface area (TPSA) is 148 Å². The van der Waals surface area contributed by atoms with Crippen molar-refractivity contribution in [3.63, 3.8) is 0 Å². The molecule has 30 heavy (non-hydrogen) atoms. The minimum atomic E-state index is -0.977. The van der Waals surface area contributed by atoms with Crippen LogP contribution in [-0.2, 0) is 16.0 Å². The van der Waals surface area contributed by atoms with E-state index in [-0.39, 0.29) is 18.3 Å². The van der Waals surface area contributed by atoms with Crippen molar-refractivity contribution in [2.75, 3.05) is 6.54 Å². The number of rotatable bonds is 6. The van der Waals surface area contributed by atoms with E-state index in [9.17, 15) is 19.5 Å². The number of likely N-dealkylation sites (tertiary alicyclic amines) is 1. The lowest BCUT2D eigenvalue weighted by atomic mass is 10.1. The summed E-state index contributed by atoms with van der Waals surface area (Å²) in [7, 11) is 0. The van der Waals surface area contributed by atoms with Crippen molar-refractivity contribution < 1.29 is 24.2 Å². The molecular weight excluding hydrogens is 388 g/mol. The number of aliphatic carboxylic acids is 1. The molecule has 1 heterocycles. The molecule has 1 atom stereocenters. The Morgan fingerprint density at radius 3 is 2.33 bits per heavy atom. The number of ether oxygens (including phenoxy) is 1. The van der Waals surface area contributed by atoms with Crippen LogP contribution in [0, 0.1) is 0 Å². The number of hydrogen-bond donors (Lipinski definition) is 3. The molecule has 1 amide bonds. The summed E-state index contributed by atoms with van der Waals surface area (Å²) in [5, 5.41) is 9.21. The highest BCUT2D eigenvalue weighted by Crippen LogP contribution is 2.21. The smallest absolute Gasteiger partial charge is 0.343 e. The number of carbonyl (C=O) groups is 3. The van der Waals surface area contributed by atoms with Crippen molar-refractivity contribution in [1.82, 2.24) is 4.90 Å². The quantitative estimate of drug-likeness (QED) is 0.282. The van der Waals surface area contributed by atoms with E-state index in [4.69, 9.17) is 16.2 Å². The normalized spacial score (nSPS) is 15.5. The zero-order valence-electron chi connectivity index (χ0n) is 16.2. The summed E-state index contributed by atoms with van der Waals surface area (Å²) in [4.78, 5) is 41.2. The number of nitrogens with zero attached hydrogens (tertiary/aromatic N) is 2. The summed E-state index contributed by atoms with van der Waals surface area (Å²) in [6.07, 6.45) is 1.25. The number of benzene rings is 2. The van der Waals surface area contributed by atoms with Gasteiger partial charge in [-0.05, 0) is 54.8 Å². The van der Waals surface area contributed by atoms with Crippen molar-refractivity contribution in [3.8, 4) is 5.75 Å². The molecule has 9 heteroatoms. The minimum absolute atomic E-state index is 0.0767. The van der Waals surface area contributed by atoms with Gasteiger partial charge in [-0.2, -0.15) is 0 Å². The van der Waals surface area contributed by atoms with Gasteiger partial charge in [0.15, 0.2) is 5.96 Å². The molecule has 0 unspecified atom stereocenters. The van der Waals surface area contributed by atoms with E-state index in [0.29, 0.717) is 42.0 Å². The number of aliphatic imine (C=N–C) groups is 1. The zero-order valence-corrected chi connectivity index (χ0v) is 16.2. The number of guanidine groups is 1. The monoisotopic (exact) mass is 410 g/mol. The molecule has 0 spiro atoms. The molecular formula is C21H22N4O5. The molecule has 1 saturated heterocycles. The maximum absolute atomic E-state index is 12.4. The number of carboxylic acid groups (broad SMARTS) is 1. The summed E-state index contributed by atoms with van der Waals surface area (Å²) < 4.78 is 5.33. The zero-order chi connectivity index (χ0) is 21.7. The van der Waals surface area contributed by atoms with Crippen molar-refractivity contribution in [1.29, 1.82) is 0 Å². The van der Waals surface area contributed by atoms with Gasteiger partial charge in [-0.15, -0.1) is 0 Å². The molecule has 1 aliphatic rings. The Balaban J connectivity index is 1.59. The molecule has 0 bridgehead atoms. The molecule has 2 aromatic carbocycles. The van der Waals surface area contributed by atoms with Crippen LogP contribution in [0.3, 0.4) is 0 Å². The van der Waals surface area contributed by atoms with Gasteiger partial charge in [0.05, 0.1) is 17.7 Å². The van der Waals surface area contributed by atoms with Crippen molar-refractivity contribution in [2.45, 2.75) is 25.3 Å². The van der Waals surface area contributed by atoms with E-state index in [1.807, 2.05) is 0 Å². The first-order valence-corrected chi connectivity index (χ1v) is 9.36. The Morgan fingerprint density at radius 2 is 1.73 bits per heavy atom. The molecule has 0 aromatic heterocycles. The fourth-order valence-electron chi connectivity index (χ4n) is 3.26. The van der Waals surface area contributed by atoms with Crippen LogP contribution < -0.4 is 16.2 Å². The van der Waals surface area contributed by atoms with Crippen molar-refractivity contribution in [3.05, 3.63) is 59.7 Å². The average molecular weight is 410 g/mol. The third kappa shape index (κ3) is 5.13. The third-order valence-corrected chi connectivity index (χ3v) is 4.71. The SMILES string of the molecule is NC(N)=Nc1ccc(C(=O)Oc2ccc(CC(=O)N3CCC[C@H]3C(=O)O)cc2)cc1. The Morgan fingerprint density at radius 1 is 1.07 bits per heavy atom. The van der Waals surface area contributed by atoms with E-state index in [2.05, 4.69) is 4.99 Å². The van der Waals surface area contributed by atoms with E-state index in [1.165, 1.54) is 4.90 Å². The summed E-state index contributed by atoms with van der Waals surface area (Å²) in [6, 6.07) is 12.1. The number of carbonyl (C=O) groups excluding carboxylic acids is 2. The van der Waals surface area contributed by atoms with Gasteiger partial charge < -0.3 is 26.2 Å². The largest absolute Gasteiger partial charge is 0.480 e. The molecule has 0 aliphatic carbocycles. The fourth-order valence-corrected chi connectivity index (χ4v) is 3.26. The van der Waals surface area contributed by atoms with Crippen LogP contribution in [0.2, 0.25) is 0 Å². The predicted octanol–water partition coefficient (Wildman–Crippen LogP) is 1.43. The third-order valence-electron chi connectivity index (χ3n) is 4.71. The van der Waals surface area contributed by atoms with Crippen molar-refractivity contribution in [2.24, 2.45) is 16.5 Å². The summed E-state index contributed by atoms with van der Waals surface area (Å²) in [5.74, 6) is -1.50. The lowest BCUT2D eigenvalue weighted by molar-refractivity contribution is -0.148. The first-order valence-electron chi connectivity index (χ1n) is 9.36. The van der Waals surface area contributed by atoms with Gasteiger partial charge in [0.1, 0.15) is 11.8 Å². The van der Waals surface area contributed by atoms with Gasteiger partial charge in [0.2, 0.25) is 5.91 Å². The molecule has 1 fully saturated rings. The minimum Gasteiger partial charge on any atom is -0.480 e. The van der Waals surface area contributed by atoms with Gasteiger partial charge in [-0.1, -0.05) is 12.1 Å². The number of carboxylic acids is 1. The lowest BCUT2D eigenvalue weighted by Crippen LogP contribution is -2.41. The molecule has 156 valence electrons. The number of hydrogen-bond acceptors (Lipinski definition) is 5. The van der Waals surface area contributed by atoms with E-state index in [1.54, 1.807) is 48.5 Å². The summed E-state index contributed by atoms with van der Waals surface area (Å²) in [6.45, 7) is 0.452. The summed E-state index contributed by atoms with van der Waals surface area (Å²) >= 11 is 0. The number of nitrogens with two attached hydrogens (primary N) is 2. The van der Waals surface area contributed by atoms with Crippen LogP contribution in [0.5, 0.6) is 5.75 Å². The van der Waals surface area contributed by atoms with E-state index >= 15 is 0 Å². The van der Waals surface area contributed by atoms with Crippen LogP contribution in [0.4, 0.5) is 5.69 Å². The van der Waals surface area contributed by atoms with E-state index in [0.717, 1.165) is 0 Å². The second-order valence-corrected chi connectivity index (χ2v) is 6.88. The second kappa shape index (κ2) is 9.08. The molecule has 0 saturated carbocycles. The van der Waals surface area contributed by atoms with Crippen LogP contribution in [0.25, 0.3) is 0 Å². The fraction of sp³-hybridized carbons (Fsp3) is 0.238. The molecule has 2 aromatic rings. The highest BCUT2D eigenvalue weighted by atomic mass is 16.5. The van der Waals surface area contributed by atoms with Gasteiger partial charge in [-0.25, -0.2) is 14.6 Å². The van der Waals surface area contributed by atoms with Gasteiger partial charge in [0, 0.05) is 6.54 Å². The maximum Gasteiger partial charge on any atom is 0.343 e. The maximum atomic E-state index is 12.4. The molecule has 5 N–H and O–H groups in total. The van der Waals surface area contributed by atoms with Crippen molar-refractivity contribution >= 4 is 29.5 Å². The molecule has 0 radical (unpaired) electrons. The lowest BCUT2D eigenvalue weighted by Gasteiger charge is -2.21. The Labute approximate surface area is 172 Å². The Kier molecular flexibility index (Phi) is 6.31. The van der Waals surface area contributed by atoms with Gasteiger partial charge in [0.25, 0.3) is 0 Å². The Bertz CT molecular complexity index is 966. The molecule has 3 rings (SSSR count). The Hall–Kier alpha value is -3.88. The van der Waals surface area contributed by atoms with E-state index < -0.39 is 18.0 Å². The standard InChI is InChI=1S/C21H22N4O5/c22-21(23)24-15-7-5-14(6-8-15)20(29)30-16-9-3-13(4-10-16)12-18(26)25-11-1-2-17(25)19(27)28/h3-10,17H,1-2,11-12H2,(H,27,28)(H4,22,23,24)/t17-/m0/s1. The summed E-state index contributed by atoms with van der Waals surface area (Å²) in [5.41, 5.74) is 12.2. The average Bonchev–Trinajstić information content (AvgIpc) is 3.20. The highest BCUT2D eigenvalue weighted by molar-refractivity contribution is 5.91. The highest BCUT2D eigenvalue weighted by Gasteiger charge is 2.33. The van der Waals surface area contributed by atoms with Crippen LogP contribution >= 0.6 is 0 Å². The predicted molar refractivity (Wildman–Crippen MR) is 109 cm³/mol. The molecule has 9 nitrogen and oxygen atoms in total. The van der Waals surface area contributed by atoms with Gasteiger partial charge >= 0.3 is 11.9 Å². The number of amides is 1. The van der Waals surface area contributed by atoms with Crippen LogP contribution in [0.15, 0.2) is 53.5 Å². The first kappa shape index (κ1) is 20.8. The molecule has 1 aliphatic heterocycles. The number of esters is 1. The van der Waals surface area contributed by atoms with Crippen LogP contribution in [0.1, 0.15) is 28.8 Å². The second-order valence-electron chi connectivity index (χ2n) is 6.88. The first-order chi connectivity index (χ1) is 14.3. The van der Waals surface area contributed by atoms with Gasteiger partial charge in [-0.3, -0.25) is 4.79 Å². The van der Waals surface area contributed by atoms with Crippen LogP contribution in [-0.4, -0.2) is 46.4 Å².